The second-order valence-corrected chi connectivity index (χ2v) is 6.83. The Labute approximate surface area is 165 Å². The SMILES string of the molecule is COc1ccc(CC2=N[C@@H](c3ccccc3)[C@H](c3ccccc3)N2)cc1OC. The Kier molecular flexibility index (Phi) is 5.29. The number of aliphatic imine (C=N–C) groups is 1. The van der Waals surface area contributed by atoms with E-state index in [1.165, 1.54) is 11.1 Å². The molecule has 0 fully saturated rings. The van der Waals surface area contributed by atoms with Crippen molar-refractivity contribution in [2.24, 2.45) is 4.99 Å². The first-order valence-corrected chi connectivity index (χ1v) is 9.42. The summed E-state index contributed by atoms with van der Waals surface area (Å²) in [6.07, 6.45) is 0.715. The van der Waals surface area contributed by atoms with E-state index in [0.717, 1.165) is 22.9 Å². The van der Waals surface area contributed by atoms with Gasteiger partial charge in [-0.15, -0.1) is 0 Å². The number of hydrogen-bond donors (Lipinski definition) is 1. The Balaban J connectivity index is 1.63. The van der Waals surface area contributed by atoms with E-state index in [1.54, 1.807) is 14.2 Å². The third-order valence-corrected chi connectivity index (χ3v) is 5.05. The first-order valence-electron chi connectivity index (χ1n) is 9.42. The molecule has 0 aliphatic carbocycles. The zero-order chi connectivity index (χ0) is 19.3. The molecule has 0 amide bonds. The minimum Gasteiger partial charge on any atom is -0.493 e. The Morgan fingerprint density at radius 3 is 2.07 bits per heavy atom. The van der Waals surface area contributed by atoms with Gasteiger partial charge in [0.15, 0.2) is 11.5 Å². The molecule has 1 heterocycles. The lowest BCUT2D eigenvalue weighted by Crippen LogP contribution is -2.25. The Morgan fingerprint density at radius 2 is 1.43 bits per heavy atom. The first-order chi connectivity index (χ1) is 13.8. The maximum atomic E-state index is 5.44. The summed E-state index contributed by atoms with van der Waals surface area (Å²) in [6.45, 7) is 0. The van der Waals surface area contributed by atoms with Crippen LogP contribution in [0.25, 0.3) is 0 Å². The van der Waals surface area contributed by atoms with Crippen LogP contribution in [0.2, 0.25) is 0 Å². The van der Waals surface area contributed by atoms with Crippen LogP contribution < -0.4 is 14.8 Å². The van der Waals surface area contributed by atoms with E-state index in [2.05, 4.69) is 59.9 Å². The zero-order valence-electron chi connectivity index (χ0n) is 16.1. The van der Waals surface area contributed by atoms with Crippen molar-refractivity contribution in [2.45, 2.75) is 18.5 Å². The first kappa shape index (κ1) is 18.1. The van der Waals surface area contributed by atoms with Crippen LogP contribution in [0, 0.1) is 0 Å². The number of hydrogen-bond acceptors (Lipinski definition) is 4. The number of ether oxygens (including phenoxy) is 2. The summed E-state index contributed by atoms with van der Waals surface area (Å²) in [5.41, 5.74) is 3.58. The van der Waals surface area contributed by atoms with Crippen molar-refractivity contribution in [1.29, 1.82) is 0 Å². The third-order valence-electron chi connectivity index (χ3n) is 5.05. The smallest absolute Gasteiger partial charge is 0.161 e. The summed E-state index contributed by atoms with van der Waals surface area (Å²) in [4.78, 5) is 5.04. The molecule has 3 aromatic rings. The molecule has 0 spiro atoms. The summed E-state index contributed by atoms with van der Waals surface area (Å²) in [5.74, 6) is 2.45. The Morgan fingerprint density at radius 1 is 0.786 bits per heavy atom. The zero-order valence-corrected chi connectivity index (χ0v) is 16.1. The molecule has 0 unspecified atom stereocenters. The van der Waals surface area contributed by atoms with Gasteiger partial charge in [0.05, 0.1) is 20.3 Å². The van der Waals surface area contributed by atoms with Gasteiger partial charge in [0.2, 0.25) is 0 Å². The summed E-state index contributed by atoms with van der Waals surface area (Å²) < 4.78 is 10.8. The second-order valence-electron chi connectivity index (χ2n) is 6.83. The minimum absolute atomic E-state index is 0.0544. The number of amidine groups is 1. The molecule has 4 rings (SSSR count). The van der Waals surface area contributed by atoms with Crippen LogP contribution in [0.15, 0.2) is 83.9 Å². The summed E-state index contributed by atoms with van der Waals surface area (Å²) in [6, 6.07) is 27.1. The van der Waals surface area contributed by atoms with Gasteiger partial charge in [0.25, 0.3) is 0 Å². The van der Waals surface area contributed by atoms with Crippen LogP contribution in [0.5, 0.6) is 11.5 Å². The fraction of sp³-hybridized carbons (Fsp3) is 0.208. The van der Waals surface area contributed by atoms with Gasteiger partial charge in [0, 0.05) is 6.42 Å². The van der Waals surface area contributed by atoms with Crippen molar-refractivity contribution >= 4 is 5.84 Å². The molecule has 1 aliphatic heterocycles. The molecule has 0 aromatic heterocycles. The Hall–Kier alpha value is -3.27. The fourth-order valence-electron chi connectivity index (χ4n) is 3.66. The number of rotatable bonds is 6. The standard InChI is InChI=1S/C24H24N2O2/c1-27-20-14-13-17(15-21(20)28-2)16-22-25-23(18-9-5-3-6-10-18)24(26-22)19-11-7-4-8-12-19/h3-15,23-24H,16H2,1-2H3,(H,25,26)/t23-,24-/m0/s1. The fourth-order valence-corrected chi connectivity index (χ4v) is 3.66. The number of nitrogens with zero attached hydrogens (tertiary/aromatic N) is 1. The largest absolute Gasteiger partial charge is 0.493 e. The number of benzene rings is 3. The highest BCUT2D eigenvalue weighted by atomic mass is 16.5. The van der Waals surface area contributed by atoms with Gasteiger partial charge in [-0.1, -0.05) is 66.7 Å². The van der Waals surface area contributed by atoms with E-state index < -0.39 is 0 Å². The van der Waals surface area contributed by atoms with Crippen molar-refractivity contribution in [3.05, 3.63) is 95.6 Å². The van der Waals surface area contributed by atoms with Crippen LogP contribution in [0.1, 0.15) is 28.8 Å². The predicted octanol–water partition coefficient (Wildman–Crippen LogP) is 4.73. The Bertz CT molecular complexity index is 955. The van der Waals surface area contributed by atoms with Crippen LogP contribution >= 0.6 is 0 Å². The number of methoxy groups -OCH3 is 2. The maximum Gasteiger partial charge on any atom is 0.161 e. The van der Waals surface area contributed by atoms with Gasteiger partial charge >= 0.3 is 0 Å². The topological polar surface area (TPSA) is 42.8 Å². The lowest BCUT2D eigenvalue weighted by molar-refractivity contribution is 0.354. The molecule has 142 valence electrons. The molecule has 28 heavy (non-hydrogen) atoms. The van der Waals surface area contributed by atoms with E-state index in [4.69, 9.17) is 14.5 Å². The van der Waals surface area contributed by atoms with Crippen molar-refractivity contribution in [1.82, 2.24) is 5.32 Å². The molecule has 0 saturated carbocycles. The van der Waals surface area contributed by atoms with Crippen LogP contribution in [0.3, 0.4) is 0 Å². The molecule has 2 atom stereocenters. The maximum absolute atomic E-state index is 5.44. The lowest BCUT2D eigenvalue weighted by Gasteiger charge is -2.19. The van der Waals surface area contributed by atoms with E-state index in [0.29, 0.717) is 6.42 Å². The molecule has 0 radical (unpaired) electrons. The van der Waals surface area contributed by atoms with Gasteiger partial charge in [0.1, 0.15) is 11.9 Å². The molecular weight excluding hydrogens is 348 g/mol. The molecule has 4 heteroatoms. The highest BCUT2D eigenvalue weighted by Gasteiger charge is 2.31. The van der Waals surface area contributed by atoms with Crippen molar-refractivity contribution in [3.63, 3.8) is 0 Å². The van der Waals surface area contributed by atoms with Crippen molar-refractivity contribution < 1.29 is 9.47 Å². The van der Waals surface area contributed by atoms with Gasteiger partial charge in [-0.3, -0.25) is 4.99 Å². The molecular formula is C24H24N2O2. The molecule has 4 nitrogen and oxygen atoms in total. The van der Waals surface area contributed by atoms with Gasteiger partial charge < -0.3 is 14.8 Å². The van der Waals surface area contributed by atoms with E-state index in [1.807, 2.05) is 24.3 Å². The monoisotopic (exact) mass is 372 g/mol. The molecule has 3 aromatic carbocycles. The average Bonchev–Trinajstić information content (AvgIpc) is 3.18. The van der Waals surface area contributed by atoms with E-state index in [9.17, 15) is 0 Å². The van der Waals surface area contributed by atoms with Crippen molar-refractivity contribution in [3.8, 4) is 11.5 Å². The molecule has 1 N–H and O–H groups in total. The van der Waals surface area contributed by atoms with Gasteiger partial charge in [-0.25, -0.2) is 0 Å². The highest BCUT2D eigenvalue weighted by molar-refractivity contribution is 5.87. The van der Waals surface area contributed by atoms with Crippen molar-refractivity contribution in [2.75, 3.05) is 14.2 Å². The summed E-state index contributed by atoms with van der Waals surface area (Å²) >= 11 is 0. The van der Waals surface area contributed by atoms with Crippen LogP contribution in [0.4, 0.5) is 0 Å². The lowest BCUT2D eigenvalue weighted by atomic mass is 9.95. The number of nitrogens with one attached hydrogen (secondary N) is 1. The molecule has 0 bridgehead atoms. The van der Waals surface area contributed by atoms with Crippen LogP contribution in [-0.2, 0) is 6.42 Å². The highest BCUT2D eigenvalue weighted by Crippen LogP contribution is 2.36. The van der Waals surface area contributed by atoms with Gasteiger partial charge in [-0.05, 0) is 28.8 Å². The summed E-state index contributed by atoms with van der Waals surface area (Å²) in [5, 5.41) is 3.65. The minimum atomic E-state index is 0.0544. The average molecular weight is 372 g/mol. The quantitative estimate of drug-likeness (QED) is 0.680. The van der Waals surface area contributed by atoms with E-state index in [-0.39, 0.29) is 12.1 Å². The molecule has 0 saturated heterocycles. The predicted molar refractivity (Wildman–Crippen MR) is 112 cm³/mol. The summed E-state index contributed by atoms with van der Waals surface area (Å²) in [7, 11) is 3.30. The second kappa shape index (κ2) is 8.17. The van der Waals surface area contributed by atoms with Gasteiger partial charge in [-0.2, -0.15) is 0 Å². The molecule has 1 aliphatic rings. The normalized spacial score (nSPS) is 18.3. The third kappa shape index (κ3) is 3.72. The van der Waals surface area contributed by atoms with Crippen LogP contribution in [-0.4, -0.2) is 20.1 Å². The van der Waals surface area contributed by atoms with E-state index >= 15 is 0 Å².